The average molecular weight is 369 g/mol. The summed E-state index contributed by atoms with van der Waals surface area (Å²) in [5.41, 5.74) is 6.49. The van der Waals surface area contributed by atoms with Crippen molar-refractivity contribution in [3.63, 3.8) is 0 Å². The summed E-state index contributed by atoms with van der Waals surface area (Å²) >= 11 is 0. The Morgan fingerprint density at radius 3 is 2.48 bits per heavy atom. The molecule has 0 saturated carbocycles. The molecule has 1 heterocycles. The molecule has 3 N–H and O–H groups in total. The largest absolute Gasteiger partial charge is 0.508 e. The van der Waals surface area contributed by atoms with Gasteiger partial charge in [0.15, 0.2) is 0 Å². The van der Waals surface area contributed by atoms with E-state index < -0.39 is 0 Å². The fourth-order valence-corrected chi connectivity index (χ4v) is 2.78. The number of phenols is 1. The molecule has 140 valence electrons. The monoisotopic (exact) mass is 368 g/mol. The molecule has 5 nitrogen and oxygen atoms in total. The highest BCUT2D eigenvalue weighted by molar-refractivity contribution is 5.89. The summed E-state index contributed by atoms with van der Waals surface area (Å²) in [5, 5.41) is 11.0. The molecule has 0 unspecified atom stereocenters. The van der Waals surface area contributed by atoms with E-state index in [4.69, 9.17) is 10.5 Å². The van der Waals surface area contributed by atoms with Gasteiger partial charge in [-0.25, -0.2) is 0 Å². The quantitative estimate of drug-likeness (QED) is 0.760. The molecular formula is C19H29ClN2O3. The van der Waals surface area contributed by atoms with Crippen LogP contribution in [0.5, 0.6) is 11.5 Å². The normalized spacial score (nSPS) is 11.4. The molecule has 0 saturated heterocycles. The summed E-state index contributed by atoms with van der Waals surface area (Å²) in [4.78, 5) is 12.9. The highest BCUT2D eigenvalue weighted by Crippen LogP contribution is 2.31. The Hall–Kier alpha value is -1.72. The molecule has 1 aromatic heterocycles. The predicted molar refractivity (Wildman–Crippen MR) is 105 cm³/mol. The number of fused-ring (bicyclic) bond motifs is 1. The highest BCUT2D eigenvalue weighted by atomic mass is 35.5. The maximum atomic E-state index is 12.9. The van der Waals surface area contributed by atoms with Crippen LogP contribution in [0.3, 0.4) is 0 Å². The van der Waals surface area contributed by atoms with E-state index in [9.17, 15) is 9.90 Å². The van der Waals surface area contributed by atoms with E-state index in [-0.39, 0.29) is 35.7 Å². The van der Waals surface area contributed by atoms with Crippen molar-refractivity contribution in [1.82, 2.24) is 4.57 Å². The number of benzene rings is 1. The van der Waals surface area contributed by atoms with Gasteiger partial charge in [0.25, 0.3) is 5.56 Å². The van der Waals surface area contributed by atoms with Gasteiger partial charge in [0, 0.05) is 18.5 Å². The number of halogens is 1. The second-order valence-electron chi connectivity index (χ2n) is 7.36. The smallest absolute Gasteiger partial charge is 0.258 e. The van der Waals surface area contributed by atoms with E-state index in [2.05, 4.69) is 27.7 Å². The molecule has 0 aliphatic heterocycles. The Morgan fingerprint density at radius 2 is 1.92 bits per heavy atom. The summed E-state index contributed by atoms with van der Waals surface area (Å²) in [5.74, 6) is 0.722. The molecule has 0 spiro atoms. The van der Waals surface area contributed by atoms with Gasteiger partial charge in [-0.1, -0.05) is 34.1 Å². The summed E-state index contributed by atoms with van der Waals surface area (Å²) < 4.78 is 7.72. The van der Waals surface area contributed by atoms with Gasteiger partial charge in [-0.15, -0.1) is 12.4 Å². The van der Waals surface area contributed by atoms with Crippen molar-refractivity contribution in [2.75, 3.05) is 6.61 Å². The van der Waals surface area contributed by atoms with Gasteiger partial charge in [-0.2, -0.15) is 0 Å². The van der Waals surface area contributed by atoms with Crippen LogP contribution in [0.15, 0.2) is 23.0 Å². The number of phenolic OH excluding ortho intramolecular Hbond substituents is 1. The Balaban J connectivity index is 0.00000312. The number of hydrogen-bond acceptors (Lipinski definition) is 4. The lowest BCUT2D eigenvalue weighted by Crippen LogP contribution is -2.31. The van der Waals surface area contributed by atoms with Crippen LogP contribution in [0.2, 0.25) is 0 Å². The molecule has 0 amide bonds. The Labute approximate surface area is 155 Å². The number of aromatic nitrogens is 1. The Bertz CT molecular complexity index is 779. The first-order valence-electron chi connectivity index (χ1n) is 8.49. The maximum Gasteiger partial charge on any atom is 0.258 e. The number of aromatic hydroxyl groups is 1. The standard InChI is InChI=1S/C19H28N2O3.ClH/c1-5-6-9-24-17-15-10-13(22)7-8-14(15)18(23)21(16(17)11-20)12-19(2,3)4;/h7-8,10,22H,5-6,9,11-12,20H2,1-4H3;1H. The average Bonchev–Trinajstić information content (AvgIpc) is 2.50. The van der Waals surface area contributed by atoms with Crippen LogP contribution in [-0.2, 0) is 13.1 Å². The molecule has 0 bridgehead atoms. The van der Waals surface area contributed by atoms with Gasteiger partial charge in [0.1, 0.15) is 11.5 Å². The zero-order chi connectivity index (χ0) is 17.9. The third-order valence-corrected chi connectivity index (χ3v) is 3.88. The van der Waals surface area contributed by atoms with Crippen LogP contribution in [0, 0.1) is 5.41 Å². The van der Waals surface area contributed by atoms with Crippen LogP contribution in [0.4, 0.5) is 0 Å². The first kappa shape index (κ1) is 21.3. The lowest BCUT2D eigenvalue weighted by molar-refractivity contribution is 0.295. The van der Waals surface area contributed by atoms with E-state index in [0.29, 0.717) is 35.4 Å². The van der Waals surface area contributed by atoms with Crippen LogP contribution < -0.4 is 16.0 Å². The minimum Gasteiger partial charge on any atom is -0.508 e. The number of pyridine rings is 1. The predicted octanol–water partition coefficient (Wildman–Crippen LogP) is 3.81. The van der Waals surface area contributed by atoms with Crippen LogP contribution in [0.25, 0.3) is 10.8 Å². The lowest BCUT2D eigenvalue weighted by atomic mass is 9.96. The summed E-state index contributed by atoms with van der Waals surface area (Å²) in [6.45, 7) is 9.66. The number of hydrogen-bond donors (Lipinski definition) is 2. The van der Waals surface area contributed by atoms with Gasteiger partial charge in [0.05, 0.1) is 17.7 Å². The first-order valence-corrected chi connectivity index (χ1v) is 8.49. The minimum atomic E-state index is -0.0942. The van der Waals surface area contributed by atoms with Gasteiger partial charge in [0.2, 0.25) is 0 Å². The summed E-state index contributed by atoms with van der Waals surface area (Å²) in [7, 11) is 0. The SMILES string of the molecule is CCCCOc1c(CN)n(CC(C)(C)C)c(=O)c2ccc(O)cc12.Cl. The van der Waals surface area contributed by atoms with Crippen molar-refractivity contribution in [2.45, 2.75) is 53.6 Å². The zero-order valence-corrected chi connectivity index (χ0v) is 16.3. The molecule has 0 fully saturated rings. The molecule has 1 aromatic carbocycles. The molecular weight excluding hydrogens is 340 g/mol. The first-order chi connectivity index (χ1) is 11.3. The maximum absolute atomic E-state index is 12.9. The van der Waals surface area contributed by atoms with Crippen molar-refractivity contribution >= 4 is 23.2 Å². The van der Waals surface area contributed by atoms with Crippen LogP contribution in [0.1, 0.15) is 46.2 Å². The van der Waals surface area contributed by atoms with Crippen molar-refractivity contribution in [3.05, 3.63) is 34.2 Å². The molecule has 2 aromatic rings. The van der Waals surface area contributed by atoms with Crippen molar-refractivity contribution in [3.8, 4) is 11.5 Å². The summed E-state index contributed by atoms with van der Waals surface area (Å²) in [6.07, 6.45) is 1.94. The second-order valence-corrected chi connectivity index (χ2v) is 7.36. The molecule has 0 aliphatic carbocycles. The molecule has 0 aliphatic rings. The third-order valence-electron chi connectivity index (χ3n) is 3.88. The van der Waals surface area contributed by atoms with Gasteiger partial charge < -0.3 is 20.1 Å². The fourth-order valence-electron chi connectivity index (χ4n) is 2.78. The minimum absolute atomic E-state index is 0. The van der Waals surface area contributed by atoms with Crippen LogP contribution in [-0.4, -0.2) is 16.3 Å². The molecule has 0 atom stereocenters. The van der Waals surface area contributed by atoms with E-state index in [1.54, 1.807) is 16.7 Å². The van der Waals surface area contributed by atoms with E-state index in [1.807, 2.05) is 0 Å². The van der Waals surface area contributed by atoms with Crippen molar-refractivity contribution < 1.29 is 9.84 Å². The molecule has 6 heteroatoms. The van der Waals surface area contributed by atoms with E-state index in [1.165, 1.54) is 6.07 Å². The van der Waals surface area contributed by atoms with Gasteiger partial charge >= 0.3 is 0 Å². The lowest BCUT2D eigenvalue weighted by Gasteiger charge is -2.25. The van der Waals surface area contributed by atoms with Crippen molar-refractivity contribution in [2.24, 2.45) is 11.1 Å². The van der Waals surface area contributed by atoms with Gasteiger partial charge in [-0.05, 0) is 30.0 Å². The number of unbranched alkanes of at least 4 members (excludes halogenated alkanes) is 1. The number of ether oxygens (including phenoxy) is 1. The Kier molecular flexibility index (Phi) is 7.32. The molecule has 25 heavy (non-hydrogen) atoms. The Morgan fingerprint density at radius 1 is 1.24 bits per heavy atom. The summed E-state index contributed by atoms with van der Waals surface area (Å²) in [6, 6.07) is 4.76. The molecule has 0 radical (unpaired) electrons. The molecule has 2 rings (SSSR count). The van der Waals surface area contributed by atoms with Crippen LogP contribution >= 0.6 is 12.4 Å². The van der Waals surface area contributed by atoms with E-state index >= 15 is 0 Å². The number of rotatable bonds is 6. The number of nitrogens with zero attached hydrogens (tertiary/aromatic N) is 1. The third kappa shape index (κ3) is 4.89. The van der Waals surface area contributed by atoms with Gasteiger partial charge in [-0.3, -0.25) is 4.79 Å². The topological polar surface area (TPSA) is 77.5 Å². The number of nitrogens with two attached hydrogens (primary N) is 1. The second kappa shape index (κ2) is 8.59. The highest BCUT2D eigenvalue weighted by Gasteiger charge is 2.21. The zero-order valence-electron chi connectivity index (χ0n) is 15.5. The van der Waals surface area contributed by atoms with E-state index in [0.717, 1.165) is 12.8 Å². The van der Waals surface area contributed by atoms with Crippen molar-refractivity contribution in [1.29, 1.82) is 0 Å². The fraction of sp³-hybridized carbons (Fsp3) is 0.526.